The summed E-state index contributed by atoms with van der Waals surface area (Å²) in [5, 5.41) is 6.08. The van der Waals surface area contributed by atoms with Gasteiger partial charge in [-0.1, -0.05) is 5.16 Å². The average molecular weight is 332 g/mol. The van der Waals surface area contributed by atoms with Crippen molar-refractivity contribution in [2.45, 2.75) is 13.3 Å². The first-order chi connectivity index (χ1) is 11.6. The molecule has 0 radical (unpaired) electrons. The van der Waals surface area contributed by atoms with Gasteiger partial charge in [0, 0.05) is 12.5 Å². The normalized spacial score (nSPS) is 13.0. The second-order valence-electron chi connectivity index (χ2n) is 5.17. The summed E-state index contributed by atoms with van der Waals surface area (Å²) in [5.74, 6) is 0.124. The van der Waals surface area contributed by atoms with Crippen molar-refractivity contribution >= 4 is 17.8 Å². The second-order valence-corrected chi connectivity index (χ2v) is 5.17. The molecule has 1 amide bonds. The van der Waals surface area contributed by atoms with Crippen LogP contribution in [0.15, 0.2) is 28.8 Å². The molecule has 0 unspecified atom stereocenters. The van der Waals surface area contributed by atoms with Crippen LogP contribution in [-0.4, -0.2) is 36.9 Å². The van der Waals surface area contributed by atoms with E-state index in [2.05, 4.69) is 10.5 Å². The molecule has 126 valence electrons. The molecule has 0 fully saturated rings. The number of fused-ring (bicyclic) bond motifs is 1. The highest BCUT2D eigenvalue weighted by Gasteiger charge is 2.16. The second kappa shape index (κ2) is 7.03. The summed E-state index contributed by atoms with van der Waals surface area (Å²) >= 11 is 0. The molecular formula is C16H16N2O6. The summed E-state index contributed by atoms with van der Waals surface area (Å²) in [5.41, 5.74) is 0.914. The number of nitrogens with one attached hydrogen (secondary N) is 1. The van der Waals surface area contributed by atoms with Crippen LogP contribution < -0.4 is 14.8 Å². The topological polar surface area (TPSA) is 99.9 Å². The first kappa shape index (κ1) is 15.9. The highest BCUT2D eigenvalue weighted by molar-refractivity contribution is 5.95. The zero-order chi connectivity index (χ0) is 16.9. The molecule has 3 rings (SSSR count). The van der Waals surface area contributed by atoms with Crippen LogP contribution >= 0.6 is 0 Å². The highest BCUT2D eigenvalue weighted by atomic mass is 16.5. The van der Waals surface area contributed by atoms with Crippen LogP contribution in [0.1, 0.15) is 22.5 Å². The van der Waals surface area contributed by atoms with Crippen molar-refractivity contribution in [3.63, 3.8) is 0 Å². The van der Waals surface area contributed by atoms with Crippen molar-refractivity contribution < 1.29 is 28.3 Å². The van der Waals surface area contributed by atoms with Gasteiger partial charge in [-0.3, -0.25) is 10.1 Å². The summed E-state index contributed by atoms with van der Waals surface area (Å²) in [6.07, 6.45) is 0.774. The number of anilines is 1. The SMILES string of the molecule is Cc1cc(NC(=O)COC(=O)c2ccc3c(c2)OCCCO3)on1. The van der Waals surface area contributed by atoms with Crippen LogP contribution in [0.5, 0.6) is 11.5 Å². The van der Waals surface area contributed by atoms with Crippen LogP contribution in [-0.2, 0) is 9.53 Å². The third kappa shape index (κ3) is 3.83. The Labute approximate surface area is 137 Å². The minimum Gasteiger partial charge on any atom is -0.490 e. The standard InChI is InChI=1S/C16H16N2O6/c1-10-7-15(24-18-10)17-14(19)9-23-16(20)11-3-4-12-13(8-11)22-6-2-5-21-12/h3-4,7-8H,2,5-6,9H2,1H3,(H,17,19). The molecule has 0 atom stereocenters. The van der Waals surface area contributed by atoms with E-state index >= 15 is 0 Å². The summed E-state index contributed by atoms with van der Waals surface area (Å²) in [4.78, 5) is 23.8. The molecular weight excluding hydrogens is 316 g/mol. The van der Waals surface area contributed by atoms with E-state index in [-0.39, 0.29) is 11.4 Å². The molecule has 2 heterocycles. The smallest absolute Gasteiger partial charge is 0.338 e. The fraction of sp³-hybridized carbons (Fsp3) is 0.312. The number of amides is 1. The minimum absolute atomic E-state index is 0.198. The Hall–Kier alpha value is -3.03. The van der Waals surface area contributed by atoms with Crippen LogP contribution in [0, 0.1) is 6.92 Å². The van der Waals surface area contributed by atoms with E-state index in [9.17, 15) is 9.59 Å². The van der Waals surface area contributed by atoms with Gasteiger partial charge in [0.15, 0.2) is 18.1 Å². The van der Waals surface area contributed by atoms with Gasteiger partial charge in [0.25, 0.3) is 5.91 Å². The summed E-state index contributed by atoms with van der Waals surface area (Å²) < 4.78 is 20.8. The molecule has 0 saturated heterocycles. The maximum absolute atomic E-state index is 12.0. The minimum atomic E-state index is -0.630. The number of aryl methyl sites for hydroxylation is 1. The highest BCUT2D eigenvalue weighted by Crippen LogP contribution is 2.30. The van der Waals surface area contributed by atoms with E-state index in [4.69, 9.17) is 18.7 Å². The summed E-state index contributed by atoms with van der Waals surface area (Å²) in [7, 11) is 0. The lowest BCUT2D eigenvalue weighted by Gasteiger charge is -2.09. The molecule has 2 aromatic rings. The summed E-state index contributed by atoms with van der Waals surface area (Å²) in [6, 6.07) is 6.31. The van der Waals surface area contributed by atoms with Gasteiger partial charge in [-0.2, -0.15) is 0 Å². The van der Waals surface area contributed by atoms with E-state index in [0.717, 1.165) is 6.42 Å². The Balaban J connectivity index is 1.56. The maximum atomic E-state index is 12.0. The van der Waals surface area contributed by atoms with E-state index < -0.39 is 18.5 Å². The van der Waals surface area contributed by atoms with Crippen LogP contribution in [0.25, 0.3) is 0 Å². The number of esters is 1. The first-order valence-electron chi connectivity index (χ1n) is 7.42. The van der Waals surface area contributed by atoms with E-state index in [0.29, 0.717) is 30.4 Å². The number of carbonyl (C=O) groups excluding carboxylic acids is 2. The molecule has 1 aromatic carbocycles. The molecule has 8 heteroatoms. The fourth-order valence-electron chi connectivity index (χ4n) is 2.10. The van der Waals surface area contributed by atoms with Crippen LogP contribution in [0.2, 0.25) is 0 Å². The van der Waals surface area contributed by atoms with Gasteiger partial charge in [-0.25, -0.2) is 4.79 Å². The number of nitrogens with zero attached hydrogens (tertiary/aromatic N) is 1. The lowest BCUT2D eigenvalue weighted by atomic mass is 10.2. The monoisotopic (exact) mass is 332 g/mol. The molecule has 1 aromatic heterocycles. The van der Waals surface area contributed by atoms with Crippen molar-refractivity contribution in [1.29, 1.82) is 0 Å². The zero-order valence-corrected chi connectivity index (χ0v) is 13.0. The number of benzene rings is 1. The van der Waals surface area contributed by atoms with Gasteiger partial charge >= 0.3 is 5.97 Å². The molecule has 0 saturated carbocycles. The third-order valence-electron chi connectivity index (χ3n) is 3.21. The molecule has 8 nitrogen and oxygen atoms in total. The van der Waals surface area contributed by atoms with Crippen molar-refractivity contribution in [2.24, 2.45) is 0 Å². The Kier molecular flexibility index (Phi) is 4.64. The van der Waals surface area contributed by atoms with Gasteiger partial charge in [0.2, 0.25) is 5.88 Å². The van der Waals surface area contributed by atoms with Gasteiger partial charge in [-0.05, 0) is 25.1 Å². The lowest BCUT2D eigenvalue weighted by Crippen LogP contribution is -2.20. The largest absolute Gasteiger partial charge is 0.490 e. The van der Waals surface area contributed by atoms with E-state index in [1.165, 1.54) is 0 Å². The number of hydrogen-bond donors (Lipinski definition) is 1. The van der Waals surface area contributed by atoms with Gasteiger partial charge in [0.05, 0.1) is 24.5 Å². The van der Waals surface area contributed by atoms with Gasteiger partial charge in [0.1, 0.15) is 0 Å². The molecule has 1 N–H and O–H groups in total. The van der Waals surface area contributed by atoms with Gasteiger partial charge < -0.3 is 18.7 Å². The van der Waals surface area contributed by atoms with E-state index in [1.54, 1.807) is 31.2 Å². The Morgan fingerprint density at radius 1 is 1.21 bits per heavy atom. The number of carbonyl (C=O) groups is 2. The number of rotatable bonds is 4. The fourth-order valence-corrected chi connectivity index (χ4v) is 2.10. The quantitative estimate of drug-likeness (QED) is 0.854. The van der Waals surface area contributed by atoms with Crippen LogP contribution in [0.4, 0.5) is 5.88 Å². The lowest BCUT2D eigenvalue weighted by molar-refractivity contribution is -0.119. The van der Waals surface area contributed by atoms with Crippen molar-refractivity contribution in [3.8, 4) is 11.5 Å². The molecule has 24 heavy (non-hydrogen) atoms. The van der Waals surface area contributed by atoms with E-state index in [1.807, 2.05) is 0 Å². The summed E-state index contributed by atoms with van der Waals surface area (Å²) in [6.45, 7) is 2.37. The van der Waals surface area contributed by atoms with Crippen molar-refractivity contribution in [3.05, 3.63) is 35.5 Å². The Bertz CT molecular complexity index is 755. The zero-order valence-electron chi connectivity index (χ0n) is 13.0. The molecule has 1 aliphatic rings. The third-order valence-corrected chi connectivity index (χ3v) is 3.21. The van der Waals surface area contributed by atoms with Gasteiger partial charge in [-0.15, -0.1) is 0 Å². The average Bonchev–Trinajstić information content (AvgIpc) is 2.84. The molecule has 0 aliphatic carbocycles. The van der Waals surface area contributed by atoms with Crippen molar-refractivity contribution in [2.75, 3.05) is 25.1 Å². The number of ether oxygens (including phenoxy) is 3. The molecule has 0 spiro atoms. The Morgan fingerprint density at radius 3 is 2.75 bits per heavy atom. The first-order valence-corrected chi connectivity index (χ1v) is 7.42. The number of hydrogen-bond acceptors (Lipinski definition) is 7. The maximum Gasteiger partial charge on any atom is 0.338 e. The molecule has 1 aliphatic heterocycles. The predicted octanol–water partition coefficient (Wildman–Crippen LogP) is 1.94. The van der Waals surface area contributed by atoms with Crippen LogP contribution in [0.3, 0.4) is 0 Å². The predicted molar refractivity (Wildman–Crippen MR) is 82.2 cm³/mol. The number of aromatic nitrogens is 1. The van der Waals surface area contributed by atoms with Crippen molar-refractivity contribution in [1.82, 2.24) is 5.16 Å². The molecule has 0 bridgehead atoms. The Morgan fingerprint density at radius 2 is 2.00 bits per heavy atom.